The van der Waals surface area contributed by atoms with E-state index in [0.29, 0.717) is 19.6 Å². The molecule has 0 fully saturated rings. The third kappa shape index (κ3) is 25.8. The molecule has 33 heavy (non-hydrogen) atoms. The summed E-state index contributed by atoms with van der Waals surface area (Å²) >= 11 is 0. The standard InChI is InChI=1S/C29H58O4/c1-4-7-10-13-15-16-19-22-25-32-28(26-31-24-21-18-14-11-8-5-2)27-33-29(30)23-20-17-12-9-6-3/h28H,4-27H2,1-3H3. The quantitative estimate of drug-likeness (QED) is 0.0888. The van der Waals surface area contributed by atoms with Crippen molar-refractivity contribution in [2.45, 2.75) is 155 Å². The van der Waals surface area contributed by atoms with Crippen molar-refractivity contribution in [3.8, 4) is 0 Å². The Morgan fingerprint density at radius 1 is 0.545 bits per heavy atom. The summed E-state index contributed by atoms with van der Waals surface area (Å²) in [5.74, 6) is -0.0944. The SMILES string of the molecule is CCCCCCCCCCOC(COCCCCCCCC)COC(=O)CCCCCCC. The molecule has 0 rings (SSSR count). The van der Waals surface area contributed by atoms with E-state index in [1.54, 1.807) is 0 Å². The third-order valence-corrected chi connectivity index (χ3v) is 6.21. The molecule has 1 unspecified atom stereocenters. The van der Waals surface area contributed by atoms with Crippen molar-refractivity contribution in [2.24, 2.45) is 0 Å². The van der Waals surface area contributed by atoms with E-state index in [0.717, 1.165) is 38.9 Å². The Hall–Kier alpha value is -0.610. The summed E-state index contributed by atoms with van der Waals surface area (Å²) in [7, 11) is 0. The number of rotatable bonds is 27. The van der Waals surface area contributed by atoms with Gasteiger partial charge in [0.25, 0.3) is 0 Å². The third-order valence-electron chi connectivity index (χ3n) is 6.21. The van der Waals surface area contributed by atoms with Gasteiger partial charge in [-0.1, -0.05) is 124 Å². The predicted octanol–water partition coefficient (Wildman–Crippen LogP) is 8.79. The van der Waals surface area contributed by atoms with Gasteiger partial charge in [-0.2, -0.15) is 0 Å². The summed E-state index contributed by atoms with van der Waals surface area (Å²) in [6.45, 7) is 9.06. The van der Waals surface area contributed by atoms with Crippen LogP contribution in [0.25, 0.3) is 0 Å². The largest absolute Gasteiger partial charge is 0.463 e. The maximum Gasteiger partial charge on any atom is 0.305 e. The lowest BCUT2D eigenvalue weighted by Gasteiger charge is -2.18. The van der Waals surface area contributed by atoms with Crippen LogP contribution in [0, 0.1) is 0 Å². The summed E-state index contributed by atoms with van der Waals surface area (Å²) in [6, 6.07) is 0. The van der Waals surface area contributed by atoms with E-state index >= 15 is 0 Å². The maximum absolute atomic E-state index is 12.1. The van der Waals surface area contributed by atoms with Gasteiger partial charge in [0.05, 0.1) is 6.61 Å². The van der Waals surface area contributed by atoms with Gasteiger partial charge in [-0.3, -0.25) is 4.79 Å². The molecule has 0 aliphatic rings. The molecule has 0 N–H and O–H groups in total. The number of hydrogen-bond acceptors (Lipinski definition) is 4. The Balaban J connectivity index is 4.00. The van der Waals surface area contributed by atoms with Gasteiger partial charge >= 0.3 is 5.97 Å². The lowest BCUT2D eigenvalue weighted by Crippen LogP contribution is -2.28. The Bertz CT molecular complexity index is 386. The van der Waals surface area contributed by atoms with E-state index in [9.17, 15) is 4.79 Å². The van der Waals surface area contributed by atoms with Gasteiger partial charge in [0.15, 0.2) is 0 Å². The van der Waals surface area contributed by atoms with E-state index < -0.39 is 0 Å². The Kier molecular flexibility index (Phi) is 27.1. The van der Waals surface area contributed by atoms with Gasteiger partial charge in [0, 0.05) is 19.6 Å². The fraction of sp³-hybridized carbons (Fsp3) is 0.966. The first-order valence-corrected chi connectivity index (χ1v) is 14.6. The molecule has 0 amide bonds. The van der Waals surface area contributed by atoms with Crippen LogP contribution in [0.15, 0.2) is 0 Å². The van der Waals surface area contributed by atoms with E-state index in [4.69, 9.17) is 14.2 Å². The molecular formula is C29H58O4. The number of carbonyl (C=O) groups excluding carboxylic acids is 1. The van der Waals surface area contributed by atoms with Gasteiger partial charge in [0.1, 0.15) is 12.7 Å². The van der Waals surface area contributed by atoms with Crippen molar-refractivity contribution in [3.63, 3.8) is 0 Å². The highest BCUT2D eigenvalue weighted by Gasteiger charge is 2.13. The number of carbonyl (C=O) groups is 1. The van der Waals surface area contributed by atoms with Crippen molar-refractivity contribution in [1.29, 1.82) is 0 Å². The highest BCUT2D eigenvalue weighted by molar-refractivity contribution is 5.69. The average molecular weight is 471 g/mol. The minimum absolute atomic E-state index is 0.0944. The van der Waals surface area contributed by atoms with Gasteiger partial charge in [-0.25, -0.2) is 0 Å². The monoisotopic (exact) mass is 470 g/mol. The first kappa shape index (κ1) is 32.4. The van der Waals surface area contributed by atoms with Crippen molar-refractivity contribution in [1.82, 2.24) is 0 Å². The second-order valence-electron chi connectivity index (χ2n) is 9.66. The number of hydrogen-bond donors (Lipinski definition) is 0. The molecular weight excluding hydrogens is 412 g/mol. The van der Waals surface area contributed by atoms with Crippen LogP contribution in [0.1, 0.15) is 149 Å². The Labute approximate surface area is 206 Å². The van der Waals surface area contributed by atoms with E-state index in [-0.39, 0.29) is 12.1 Å². The molecule has 0 saturated heterocycles. The summed E-state index contributed by atoms with van der Waals surface area (Å²) in [4.78, 5) is 12.1. The molecule has 0 aliphatic heterocycles. The van der Waals surface area contributed by atoms with Crippen LogP contribution in [0.5, 0.6) is 0 Å². The Morgan fingerprint density at radius 3 is 1.55 bits per heavy atom. The molecule has 198 valence electrons. The van der Waals surface area contributed by atoms with E-state index in [1.165, 1.54) is 96.3 Å². The summed E-state index contributed by atoms with van der Waals surface area (Å²) in [5, 5.41) is 0. The maximum atomic E-state index is 12.1. The van der Waals surface area contributed by atoms with Gasteiger partial charge in [-0.05, 0) is 19.3 Å². The zero-order chi connectivity index (χ0) is 24.2. The summed E-state index contributed by atoms with van der Waals surface area (Å²) < 4.78 is 17.5. The van der Waals surface area contributed by atoms with Crippen LogP contribution in [-0.2, 0) is 19.0 Å². The lowest BCUT2D eigenvalue weighted by atomic mass is 10.1. The van der Waals surface area contributed by atoms with Crippen molar-refractivity contribution in [3.05, 3.63) is 0 Å². The molecule has 4 nitrogen and oxygen atoms in total. The predicted molar refractivity (Wildman–Crippen MR) is 141 cm³/mol. The topological polar surface area (TPSA) is 44.8 Å². The molecule has 0 radical (unpaired) electrons. The first-order valence-electron chi connectivity index (χ1n) is 14.6. The molecule has 0 bridgehead atoms. The molecule has 0 spiro atoms. The van der Waals surface area contributed by atoms with E-state index in [2.05, 4.69) is 20.8 Å². The number of ether oxygens (including phenoxy) is 3. The van der Waals surface area contributed by atoms with Gasteiger partial charge < -0.3 is 14.2 Å². The second-order valence-corrected chi connectivity index (χ2v) is 9.66. The molecule has 4 heteroatoms. The number of unbranched alkanes of at least 4 members (excludes halogenated alkanes) is 16. The zero-order valence-electron chi connectivity index (χ0n) is 22.7. The fourth-order valence-corrected chi connectivity index (χ4v) is 3.96. The van der Waals surface area contributed by atoms with Crippen molar-refractivity contribution < 1.29 is 19.0 Å². The molecule has 0 aromatic carbocycles. The first-order chi connectivity index (χ1) is 16.2. The van der Waals surface area contributed by atoms with Crippen molar-refractivity contribution in [2.75, 3.05) is 26.4 Å². The molecule has 0 saturated carbocycles. The van der Waals surface area contributed by atoms with Crippen LogP contribution < -0.4 is 0 Å². The second kappa shape index (κ2) is 27.6. The fourth-order valence-electron chi connectivity index (χ4n) is 3.96. The normalized spacial score (nSPS) is 12.2. The summed E-state index contributed by atoms with van der Waals surface area (Å²) in [5.41, 5.74) is 0. The molecule has 0 aromatic heterocycles. The minimum atomic E-state index is -0.140. The average Bonchev–Trinajstić information content (AvgIpc) is 2.82. The minimum Gasteiger partial charge on any atom is -0.463 e. The molecule has 0 aromatic rings. The van der Waals surface area contributed by atoms with Crippen LogP contribution in [0.4, 0.5) is 0 Å². The molecule has 1 atom stereocenters. The van der Waals surface area contributed by atoms with Gasteiger partial charge in [-0.15, -0.1) is 0 Å². The van der Waals surface area contributed by atoms with Gasteiger partial charge in [0.2, 0.25) is 0 Å². The van der Waals surface area contributed by atoms with Crippen LogP contribution in [-0.4, -0.2) is 38.5 Å². The molecule has 0 aliphatic carbocycles. The van der Waals surface area contributed by atoms with E-state index in [1.807, 2.05) is 0 Å². The summed E-state index contributed by atoms with van der Waals surface area (Å²) in [6.07, 6.45) is 24.0. The zero-order valence-corrected chi connectivity index (χ0v) is 22.7. The van der Waals surface area contributed by atoms with Crippen LogP contribution in [0.3, 0.4) is 0 Å². The number of esters is 1. The molecule has 0 heterocycles. The van der Waals surface area contributed by atoms with Crippen LogP contribution in [0.2, 0.25) is 0 Å². The Morgan fingerprint density at radius 2 is 1.00 bits per heavy atom. The lowest BCUT2D eigenvalue weighted by molar-refractivity contribution is -0.150. The smallest absolute Gasteiger partial charge is 0.305 e. The van der Waals surface area contributed by atoms with Crippen LogP contribution >= 0.6 is 0 Å². The highest BCUT2D eigenvalue weighted by atomic mass is 16.6. The highest BCUT2D eigenvalue weighted by Crippen LogP contribution is 2.10. The van der Waals surface area contributed by atoms with Crippen molar-refractivity contribution >= 4 is 5.97 Å².